The van der Waals surface area contributed by atoms with Gasteiger partial charge in [-0.2, -0.15) is 0 Å². The van der Waals surface area contributed by atoms with E-state index >= 15 is 0 Å². The van der Waals surface area contributed by atoms with Gasteiger partial charge in [0.15, 0.2) is 0 Å². The number of pyridine rings is 1. The average molecular weight is 398 g/mol. The minimum atomic E-state index is 0. The number of para-hydroxylation sites is 2. The van der Waals surface area contributed by atoms with E-state index in [0.29, 0.717) is 6.04 Å². The number of aryl methyl sites for hydroxylation is 1. The molecule has 0 saturated heterocycles. The fourth-order valence-electron chi connectivity index (χ4n) is 4.02. The van der Waals surface area contributed by atoms with Crippen molar-refractivity contribution in [2.75, 3.05) is 13.1 Å². The predicted molar refractivity (Wildman–Crippen MR) is 125 cm³/mol. The van der Waals surface area contributed by atoms with Gasteiger partial charge in [0.1, 0.15) is 5.82 Å². The average Bonchev–Trinajstić information content (AvgIpc) is 3.09. The van der Waals surface area contributed by atoms with Gasteiger partial charge in [0, 0.05) is 6.20 Å². The van der Waals surface area contributed by atoms with Crippen LogP contribution in [-0.4, -0.2) is 32.9 Å². The third-order valence-electron chi connectivity index (χ3n) is 5.30. The zero-order chi connectivity index (χ0) is 17.8. The lowest BCUT2D eigenvalue weighted by atomic mass is 9.90. The summed E-state index contributed by atoms with van der Waals surface area (Å²) in [7, 11) is 0. The fourth-order valence-corrected chi connectivity index (χ4v) is 4.02. The van der Waals surface area contributed by atoms with Crippen molar-refractivity contribution in [3.05, 3.63) is 59.7 Å². The molecule has 0 aliphatic heterocycles. The Morgan fingerprint density at radius 2 is 1.90 bits per heavy atom. The van der Waals surface area contributed by atoms with E-state index < -0.39 is 0 Å². The highest BCUT2D eigenvalue weighted by Gasteiger charge is 2.27. The quantitative estimate of drug-likeness (QED) is 0.518. The summed E-state index contributed by atoms with van der Waals surface area (Å²) in [4.78, 5) is 15.5. The maximum atomic E-state index is 5.72. The second-order valence-corrected chi connectivity index (χ2v) is 7.12. The second kappa shape index (κ2) is 11.7. The molecule has 0 radical (unpaired) electrons. The van der Waals surface area contributed by atoms with Gasteiger partial charge in [0.05, 0.1) is 29.3 Å². The predicted octanol–water partition coefficient (Wildman–Crippen LogP) is 5.48. The maximum absolute atomic E-state index is 5.72. The van der Waals surface area contributed by atoms with Crippen molar-refractivity contribution in [3.63, 3.8) is 0 Å². The summed E-state index contributed by atoms with van der Waals surface area (Å²) in [5.41, 5.74) is 10.5. The number of aromatic nitrogens is 3. The van der Waals surface area contributed by atoms with Crippen molar-refractivity contribution in [2.45, 2.75) is 67.0 Å². The molecule has 3 N–H and O–H groups in total. The van der Waals surface area contributed by atoms with E-state index in [1.807, 2.05) is 18.3 Å². The number of benzene rings is 1. The Balaban J connectivity index is 0.00000140. The molecule has 0 amide bonds. The molecule has 4 rings (SSSR count). The van der Waals surface area contributed by atoms with Gasteiger partial charge in [-0.25, -0.2) is 4.98 Å². The summed E-state index contributed by atoms with van der Waals surface area (Å²) in [5.74, 6) is 1.03. The summed E-state index contributed by atoms with van der Waals surface area (Å²) >= 11 is 0. The van der Waals surface area contributed by atoms with Gasteiger partial charge in [-0.15, -0.1) is 0 Å². The lowest BCUT2D eigenvalue weighted by Crippen LogP contribution is -2.33. The molecule has 2 aromatic heterocycles. The van der Waals surface area contributed by atoms with E-state index in [1.54, 1.807) is 0 Å². The number of nitrogens with zero attached hydrogens (tertiary/aromatic N) is 3. The number of rotatable bonds is 7. The van der Waals surface area contributed by atoms with Gasteiger partial charge in [-0.1, -0.05) is 40.5 Å². The third-order valence-corrected chi connectivity index (χ3v) is 5.30. The number of fused-ring (bicyclic) bond motifs is 2. The standard InChI is InChI=1S/C21H27N5.3CH4/c22-12-3-4-14-26(15-20-24-17-9-1-2-10-18(17)25-20)19-11-5-7-16-8-6-13-23-21(16)19;;;/h1-2,6,8-10,13,19H,3-5,7,11-12,14-15,22H2,(H,24,25);3*1H4/t19-;;;/m1.../s1. The molecule has 0 unspecified atom stereocenters. The van der Waals surface area contributed by atoms with Crippen LogP contribution in [0, 0.1) is 0 Å². The van der Waals surface area contributed by atoms with E-state index in [9.17, 15) is 0 Å². The molecule has 0 spiro atoms. The van der Waals surface area contributed by atoms with Crippen molar-refractivity contribution < 1.29 is 0 Å². The molecule has 5 heteroatoms. The number of aromatic amines is 1. The van der Waals surface area contributed by atoms with Crippen LogP contribution in [0.15, 0.2) is 42.6 Å². The van der Waals surface area contributed by atoms with Crippen molar-refractivity contribution in [1.82, 2.24) is 19.9 Å². The Kier molecular flexibility index (Phi) is 9.99. The molecular formula is C24H39N5. The van der Waals surface area contributed by atoms with Crippen LogP contribution in [0.2, 0.25) is 0 Å². The Morgan fingerprint density at radius 3 is 2.69 bits per heavy atom. The molecule has 1 aliphatic rings. The highest BCUT2D eigenvalue weighted by atomic mass is 15.2. The van der Waals surface area contributed by atoms with Gasteiger partial charge < -0.3 is 10.7 Å². The molecule has 160 valence electrons. The highest BCUT2D eigenvalue weighted by Crippen LogP contribution is 2.33. The molecule has 0 fully saturated rings. The number of hydrogen-bond donors (Lipinski definition) is 2. The Hall–Kier alpha value is -2.24. The van der Waals surface area contributed by atoms with Crippen molar-refractivity contribution in [3.8, 4) is 0 Å². The monoisotopic (exact) mass is 397 g/mol. The number of hydrogen-bond acceptors (Lipinski definition) is 4. The van der Waals surface area contributed by atoms with E-state index in [-0.39, 0.29) is 22.3 Å². The lowest BCUT2D eigenvalue weighted by molar-refractivity contribution is 0.159. The molecule has 1 atom stereocenters. The van der Waals surface area contributed by atoms with Crippen LogP contribution in [0.25, 0.3) is 11.0 Å². The first-order valence-corrected chi connectivity index (χ1v) is 9.66. The zero-order valence-electron chi connectivity index (χ0n) is 15.2. The van der Waals surface area contributed by atoms with Gasteiger partial charge in [-0.3, -0.25) is 9.88 Å². The first-order chi connectivity index (χ1) is 12.8. The van der Waals surface area contributed by atoms with Crippen molar-refractivity contribution >= 4 is 11.0 Å². The number of nitrogens with one attached hydrogen (secondary N) is 1. The van der Waals surface area contributed by atoms with Crippen LogP contribution in [-0.2, 0) is 13.0 Å². The van der Waals surface area contributed by atoms with Crippen LogP contribution >= 0.6 is 0 Å². The molecule has 5 nitrogen and oxygen atoms in total. The molecular weight excluding hydrogens is 358 g/mol. The van der Waals surface area contributed by atoms with E-state index in [2.05, 4.69) is 34.1 Å². The Labute approximate surface area is 176 Å². The molecule has 0 bridgehead atoms. The van der Waals surface area contributed by atoms with E-state index in [4.69, 9.17) is 15.7 Å². The van der Waals surface area contributed by atoms with Crippen LogP contribution < -0.4 is 5.73 Å². The lowest BCUT2D eigenvalue weighted by Gasteiger charge is -2.34. The summed E-state index contributed by atoms with van der Waals surface area (Å²) < 4.78 is 0. The first-order valence-electron chi connectivity index (χ1n) is 9.66. The third kappa shape index (κ3) is 5.64. The molecule has 1 aromatic carbocycles. The Morgan fingerprint density at radius 1 is 1.07 bits per heavy atom. The largest absolute Gasteiger partial charge is 0.341 e. The Bertz CT molecular complexity index is 824. The molecule has 29 heavy (non-hydrogen) atoms. The normalized spacial score (nSPS) is 15.2. The maximum Gasteiger partial charge on any atom is 0.121 e. The van der Waals surface area contributed by atoms with Crippen molar-refractivity contribution in [2.24, 2.45) is 5.73 Å². The summed E-state index contributed by atoms with van der Waals surface area (Å²) in [5, 5.41) is 0. The van der Waals surface area contributed by atoms with Gasteiger partial charge in [-0.05, 0) is 69.0 Å². The summed E-state index contributed by atoms with van der Waals surface area (Å²) in [6.07, 6.45) is 7.61. The fraction of sp³-hybridized carbons (Fsp3) is 0.500. The number of nitrogens with two attached hydrogens (primary N) is 1. The summed E-state index contributed by atoms with van der Waals surface area (Å²) in [6.45, 7) is 2.59. The number of H-pyrrole nitrogens is 1. The van der Waals surface area contributed by atoms with Gasteiger partial charge in [0.25, 0.3) is 0 Å². The van der Waals surface area contributed by atoms with Crippen molar-refractivity contribution in [1.29, 1.82) is 0 Å². The van der Waals surface area contributed by atoms with E-state index in [0.717, 1.165) is 62.2 Å². The smallest absolute Gasteiger partial charge is 0.121 e. The van der Waals surface area contributed by atoms with Crippen LogP contribution in [0.1, 0.15) is 71.1 Å². The minimum absolute atomic E-state index is 0. The summed E-state index contributed by atoms with van der Waals surface area (Å²) in [6, 6.07) is 12.9. The van der Waals surface area contributed by atoms with E-state index in [1.165, 1.54) is 17.7 Å². The molecule has 1 aliphatic carbocycles. The number of imidazole rings is 1. The second-order valence-electron chi connectivity index (χ2n) is 7.12. The van der Waals surface area contributed by atoms with Gasteiger partial charge >= 0.3 is 0 Å². The van der Waals surface area contributed by atoms with Crippen LogP contribution in [0.3, 0.4) is 0 Å². The van der Waals surface area contributed by atoms with Crippen LogP contribution in [0.5, 0.6) is 0 Å². The SMILES string of the molecule is C.C.C.NCCCCN(Cc1nc2ccccc2[nH]1)[C@@H]1CCCc2cccnc21. The molecule has 3 aromatic rings. The van der Waals surface area contributed by atoms with Crippen LogP contribution in [0.4, 0.5) is 0 Å². The minimum Gasteiger partial charge on any atom is -0.341 e. The molecule has 2 heterocycles. The zero-order valence-corrected chi connectivity index (χ0v) is 15.2. The van der Waals surface area contributed by atoms with Gasteiger partial charge in [0.2, 0.25) is 0 Å². The first kappa shape index (κ1) is 24.8. The highest BCUT2D eigenvalue weighted by molar-refractivity contribution is 5.74. The topological polar surface area (TPSA) is 70.8 Å². The molecule has 0 saturated carbocycles. The number of unbranched alkanes of at least 4 members (excludes halogenated alkanes) is 1.